The second kappa shape index (κ2) is 12.3. The van der Waals surface area contributed by atoms with Crippen molar-refractivity contribution in [2.24, 2.45) is 0 Å². The maximum absolute atomic E-state index is 13.4. The molecule has 172 valence electrons. The van der Waals surface area contributed by atoms with Gasteiger partial charge in [0, 0.05) is 18.1 Å². The molecule has 1 N–H and O–H groups in total. The monoisotopic (exact) mass is 484 g/mol. The number of nitrogens with zero attached hydrogens (tertiary/aromatic N) is 1. The molecule has 7 heteroatoms. The summed E-state index contributed by atoms with van der Waals surface area (Å²) < 4.78 is 5.24. The highest BCUT2D eigenvalue weighted by atomic mass is 35.5. The molecule has 0 aliphatic heterocycles. The minimum absolute atomic E-state index is 0.147. The summed E-state index contributed by atoms with van der Waals surface area (Å²) >= 11 is 12.3. The van der Waals surface area contributed by atoms with Gasteiger partial charge in [0.15, 0.2) is 0 Å². The van der Waals surface area contributed by atoms with E-state index in [9.17, 15) is 9.59 Å². The highest BCUT2D eigenvalue weighted by Gasteiger charge is 2.31. The van der Waals surface area contributed by atoms with Crippen molar-refractivity contribution in [2.75, 3.05) is 19.5 Å². The van der Waals surface area contributed by atoms with Crippen LogP contribution in [0.2, 0.25) is 5.02 Å². The third kappa shape index (κ3) is 6.73. The molecule has 0 heterocycles. The average Bonchev–Trinajstić information content (AvgIpc) is 2.85. The third-order valence-corrected chi connectivity index (χ3v) is 5.88. The van der Waals surface area contributed by atoms with Gasteiger partial charge in [-0.3, -0.25) is 9.59 Å². The molecule has 1 atom stereocenters. The van der Waals surface area contributed by atoms with Crippen molar-refractivity contribution in [1.29, 1.82) is 0 Å². The van der Waals surface area contributed by atoms with Crippen molar-refractivity contribution in [1.82, 2.24) is 10.2 Å². The standard InChI is InChI=1S/C26H26Cl2N2O3/c1-33-22-13-11-20(12-14-22)25(26(32)29-16-15-19-7-3-2-4-8-19)30(24(31)17-27)18-21-9-5-6-10-23(21)28/h2-14,25H,15-18H2,1H3,(H,29,32)/t25-/m1/s1. The Kier molecular flexibility index (Phi) is 9.16. The van der Waals surface area contributed by atoms with E-state index in [1.54, 1.807) is 37.4 Å². The second-order valence-corrected chi connectivity index (χ2v) is 8.12. The van der Waals surface area contributed by atoms with Gasteiger partial charge in [0.05, 0.1) is 7.11 Å². The lowest BCUT2D eigenvalue weighted by Gasteiger charge is -2.31. The number of alkyl halides is 1. The summed E-state index contributed by atoms with van der Waals surface area (Å²) in [7, 11) is 1.57. The predicted molar refractivity (Wildman–Crippen MR) is 132 cm³/mol. The van der Waals surface area contributed by atoms with Crippen molar-refractivity contribution in [3.05, 3.63) is 101 Å². The molecule has 0 saturated heterocycles. The first-order valence-electron chi connectivity index (χ1n) is 10.6. The van der Waals surface area contributed by atoms with E-state index in [1.165, 1.54) is 4.90 Å². The van der Waals surface area contributed by atoms with Crippen LogP contribution in [0.5, 0.6) is 5.75 Å². The van der Waals surface area contributed by atoms with Crippen molar-refractivity contribution in [2.45, 2.75) is 19.0 Å². The highest BCUT2D eigenvalue weighted by Crippen LogP contribution is 2.28. The van der Waals surface area contributed by atoms with Crippen LogP contribution >= 0.6 is 23.2 Å². The Labute approximate surface area is 204 Å². The fourth-order valence-corrected chi connectivity index (χ4v) is 3.89. The van der Waals surface area contributed by atoms with Gasteiger partial charge in [-0.25, -0.2) is 0 Å². The molecular formula is C26H26Cl2N2O3. The molecule has 0 unspecified atom stereocenters. The Morgan fingerprint density at radius 2 is 1.64 bits per heavy atom. The molecule has 0 aliphatic rings. The Balaban J connectivity index is 1.89. The molecule has 0 bridgehead atoms. The quantitative estimate of drug-likeness (QED) is 0.411. The van der Waals surface area contributed by atoms with Gasteiger partial charge in [-0.05, 0) is 41.3 Å². The lowest BCUT2D eigenvalue weighted by atomic mass is 10.0. The minimum Gasteiger partial charge on any atom is -0.497 e. The van der Waals surface area contributed by atoms with Crippen molar-refractivity contribution >= 4 is 35.0 Å². The molecular weight excluding hydrogens is 459 g/mol. The first-order chi connectivity index (χ1) is 16.0. The molecule has 2 amide bonds. The number of amides is 2. The van der Waals surface area contributed by atoms with Crippen molar-refractivity contribution in [3.8, 4) is 5.75 Å². The molecule has 33 heavy (non-hydrogen) atoms. The molecule has 3 aromatic rings. The van der Waals surface area contributed by atoms with Gasteiger partial charge in [0.25, 0.3) is 0 Å². The number of methoxy groups -OCH3 is 1. The van der Waals surface area contributed by atoms with Crippen molar-refractivity contribution < 1.29 is 14.3 Å². The molecule has 3 rings (SSSR count). The molecule has 0 saturated carbocycles. The number of hydrogen-bond donors (Lipinski definition) is 1. The number of benzene rings is 3. The lowest BCUT2D eigenvalue weighted by Crippen LogP contribution is -2.44. The SMILES string of the molecule is COc1ccc([C@H](C(=O)NCCc2ccccc2)N(Cc2ccccc2Cl)C(=O)CCl)cc1. The maximum Gasteiger partial charge on any atom is 0.247 e. The lowest BCUT2D eigenvalue weighted by molar-refractivity contribution is -0.139. The van der Waals surface area contributed by atoms with Gasteiger partial charge >= 0.3 is 0 Å². The highest BCUT2D eigenvalue weighted by molar-refractivity contribution is 6.31. The molecule has 0 aliphatic carbocycles. The number of halogens is 2. The van der Waals surface area contributed by atoms with E-state index < -0.39 is 6.04 Å². The van der Waals surface area contributed by atoms with Gasteiger partial charge in [-0.15, -0.1) is 11.6 Å². The van der Waals surface area contributed by atoms with Gasteiger partial charge in [0.1, 0.15) is 17.7 Å². The number of carbonyl (C=O) groups excluding carboxylic acids is 2. The van der Waals surface area contributed by atoms with E-state index in [0.29, 0.717) is 29.3 Å². The second-order valence-electron chi connectivity index (χ2n) is 7.45. The molecule has 0 aromatic heterocycles. The van der Waals surface area contributed by atoms with E-state index in [0.717, 1.165) is 11.1 Å². The number of ether oxygens (including phenoxy) is 1. The topological polar surface area (TPSA) is 58.6 Å². The number of rotatable bonds is 10. The first-order valence-corrected chi connectivity index (χ1v) is 11.5. The molecule has 0 fully saturated rings. The predicted octanol–water partition coefficient (Wildman–Crippen LogP) is 5.02. The van der Waals surface area contributed by atoms with Gasteiger partial charge in [-0.1, -0.05) is 72.3 Å². The van der Waals surface area contributed by atoms with Crippen LogP contribution in [-0.2, 0) is 22.6 Å². The summed E-state index contributed by atoms with van der Waals surface area (Å²) in [6, 6.07) is 23.3. The smallest absolute Gasteiger partial charge is 0.247 e. The fraction of sp³-hybridized carbons (Fsp3) is 0.231. The summed E-state index contributed by atoms with van der Waals surface area (Å²) in [5.41, 5.74) is 2.50. The Morgan fingerprint density at radius 3 is 2.27 bits per heavy atom. The summed E-state index contributed by atoms with van der Waals surface area (Å²) in [5, 5.41) is 3.49. The normalized spacial score (nSPS) is 11.5. The zero-order valence-electron chi connectivity index (χ0n) is 18.3. The Hall–Kier alpha value is -3.02. The third-order valence-electron chi connectivity index (χ3n) is 5.28. The summed E-state index contributed by atoms with van der Waals surface area (Å²) in [6.45, 7) is 0.582. The zero-order valence-corrected chi connectivity index (χ0v) is 19.9. The van der Waals surface area contributed by atoms with Crippen LogP contribution in [0, 0.1) is 0 Å². The first kappa shape index (κ1) is 24.6. The molecule has 3 aromatic carbocycles. The Morgan fingerprint density at radius 1 is 0.970 bits per heavy atom. The molecule has 5 nitrogen and oxygen atoms in total. The number of nitrogens with one attached hydrogen (secondary N) is 1. The van der Waals surface area contributed by atoms with E-state index in [2.05, 4.69) is 5.32 Å². The van der Waals surface area contributed by atoms with Crippen LogP contribution in [0.15, 0.2) is 78.9 Å². The van der Waals surface area contributed by atoms with Crippen LogP contribution in [-0.4, -0.2) is 36.2 Å². The maximum atomic E-state index is 13.4. The molecule has 0 spiro atoms. The number of hydrogen-bond acceptors (Lipinski definition) is 3. The fourth-order valence-electron chi connectivity index (χ4n) is 3.54. The Bertz CT molecular complexity index is 1060. The average molecular weight is 485 g/mol. The van der Waals surface area contributed by atoms with E-state index >= 15 is 0 Å². The van der Waals surface area contributed by atoms with E-state index in [1.807, 2.05) is 48.5 Å². The van der Waals surface area contributed by atoms with Gasteiger partial charge in [0.2, 0.25) is 11.8 Å². The largest absolute Gasteiger partial charge is 0.497 e. The molecule has 0 radical (unpaired) electrons. The van der Waals surface area contributed by atoms with Crippen LogP contribution in [0.1, 0.15) is 22.7 Å². The summed E-state index contributed by atoms with van der Waals surface area (Å²) in [6.07, 6.45) is 0.676. The van der Waals surface area contributed by atoms with E-state index in [4.69, 9.17) is 27.9 Å². The summed E-state index contributed by atoms with van der Waals surface area (Å²) in [4.78, 5) is 27.8. The van der Waals surface area contributed by atoms with Crippen LogP contribution in [0.25, 0.3) is 0 Å². The zero-order chi connectivity index (χ0) is 23.6. The van der Waals surface area contributed by atoms with Crippen LogP contribution in [0.3, 0.4) is 0 Å². The van der Waals surface area contributed by atoms with Gasteiger partial charge < -0.3 is 15.0 Å². The van der Waals surface area contributed by atoms with Crippen molar-refractivity contribution in [3.63, 3.8) is 0 Å². The van der Waals surface area contributed by atoms with Crippen LogP contribution < -0.4 is 10.1 Å². The van der Waals surface area contributed by atoms with Crippen LogP contribution in [0.4, 0.5) is 0 Å². The minimum atomic E-state index is -0.880. The number of carbonyl (C=O) groups is 2. The van der Waals surface area contributed by atoms with Gasteiger partial charge in [-0.2, -0.15) is 0 Å². The van der Waals surface area contributed by atoms with E-state index in [-0.39, 0.29) is 24.2 Å². The summed E-state index contributed by atoms with van der Waals surface area (Å²) in [5.74, 6) is -0.255.